The van der Waals surface area contributed by atoms with Crippen molar-refractivity contribution >= 4 is 5.91 Å². The lowest BCUT2D eigenvalue weighted by atomic mass is 9.80. The van der Waals surface area contributed by atoms with Crippen molar-refractivity contribution in [3.63, 3.8) is 0 Å². The zero-order chi connectivity index (χ0) is 22.5. The van der Waals surface area contributed by atoms with Crippen LogP contribution in [0.2, 0.25) is 0 Å². The Morgan fingerprint density at radius 2 is 1.47 bits per heavy atom. The zero-order valence-electron chi connectivity index (χ0n) is 21.3. The molecule has 0 saturated carbocycles. The maximum absolute atomic E-state index is 12.4. The Labute approximate surface area is 188 Å². The molecular formula is C26H53N3O. The van der Waals surface area contributed by atoms with E-state index >= 15 is 0 Å². The number of carbonyl (C=O) groups is 1. The lowest BCUT2D eigenvalue weighted by Crippen LogP contribution is -2.55. The van der Waals surface area contributed by atoms with Crippen molar-refractivity contribution in [3.05, 3.63) is 0 Å². The summed E-state index contributed by atoms with van der Waals surface area (Å²) in [4.78, 5) is 17.7. The van der Waals surface area contributed by atoms with Gasteiger partial charge < -0.3 is 10.2 Å². The maximum atomic E-state index is 12.4. The van der Waals surface area contributed by atoms with Gasteiger partial charge in [0, 0.05) is 44.7 Å². The fourth-order valence-electron chi connectivity index (χ4n) is 5.00. The maximum Gasteiger partial charge on any atom is 0.220 e. The van der Waals surface area contributed by atoms with E-state index in [1.54, 1.807) is 0 Å². The topological polar surface area (TPSA) is 35.6 Å². The third-order valence-electron chi connectivity index (χ3n) is 7.54. The molecule has 4 nitrogen and oxygen atoms in total. The van der Waals surface area contributed by atoms with Crippen LogP contribution in [-0.2, 0) is 4.79 Å². The van der Waals surface area contributed by atoms with Crippen molar-refractivity contribution in [1.29, 1.82) is 0 Å². The van der Waals surface area contributed by atoms with Crippen LogP contribution in [0.4, 0.5) is 0 Å². The summed E-state index contributed by atoms with van der Waals surface area (Å²) in [6, 6.07) is 0. The minimum absolute atomic E-state index is 0.241. The third kappa shape index (κ3) is 9.68. The number of rotatable bonds is 16. The van der Waals surface area contributed by atoms with Crippen molar-refractivity contribution in [2.45, 2.75) is 118 Å². The Balaban J connectivity index is 2.29. The van der Waals surface area contributed by atoms with Gasteiger partial charge in [0.25, 0.3) is 0 Å². The Morgan fingerprint density at radius 3 is 2.03 bits per heavy atom. The Hall–Kier alpha value is -0.610. The van der Waals surface area contributed by atoms with E-state index in [-0.39, 0.29) is 11.3 Å². The fraction of sp³-hybridized carbons (Fsp3) is 0.962. The third-order valence-corrected chi connectivity index (χ3v) is 7.54. The molecule has 2 atom stereocenters. The summed E-state index contributed by atoms with van der Waals surface area (Å²) < 4.78 is 0. The van der Waals surface area contributed by atoms with E-state index in [1.165, 1.54) is 70.9 Å². The van der Waals surface area contributed by atoms with Crippen LogP contribution in [-0.4, -0.2) is 60.5 Å². The lowest BCUT2D eigenvalue weighted by molar-refractivity contribution is -0.121. The van der Waals surface area contributed by atoms with Gasteiger partial charge in [-0.15, -0.1) is 0 Å². The average molecular weight is 424 g/mol. The summed E-state index contributed by atoms with van der Waals surface area (Å²) in [6.45, 7) is 20.5. The molecule has 1 rings (SSSR count). The molecular weight excluding hydrogens is 370 g/mol. The van der Waals surface area contributed by atoms with Gasteiger partial charge in [0.2, 0.25) is 5.91 Å². The van der Waals surface area contributed by atoms with Crippen LogP contribution in [0.1, 0.15) is 112 Å². The quantitative estimate of drug-likeness (QED) is 0.338. The summed E-state index contributed by atoms with van der Waals surface area (Å²) in [5, 5.41) is 3.24. The van der Waals surface area contributed by atoms with E-state index in [1.807, 2.05) is 0 Å². The molecule has 0 aromatic rings. The Bertz CT molecular complexity index is 461. The molecule has 178 valence electrons. The van der Waals surface area contributed by atoms with E-state index in [0.717, 1.165) is 32.6 Å². The molecule has 0 aliphatic carbocycles. The predicted octanol–water partition coefficient (Wildman–Crippen LogP) is 5.86. The fourth-order valence-corrected chi connectivity index (χ4v) is 5.00. The van der Waals surface area contributed by atoms with Gasteiger partial charge in [-0.25, -0.2) is 0 Å². The van der Waals surface area contributed by atoms with Crippen LogP contribution in [0.15, 0.2) is 0 Å². The van der Waals surface area contributed by atoms with Crippen LogP contribution < -0.4 is 5.32 Å². The molecule has 4 heteroatoms. The number of amides is 1. The molecule has 1 heterocycles. The van der Waals surface area contributed by atoms with Crippen LogP contribution >= 0.6 is 0 Å². The molecule has 1 aliphatic rings. The minimum Gasteiger partial charge on any atom is -0.356 e. The summed E-state index contributed by atoms with van der Waals surface area (Å²) in [5.41, 5.74) is 0.630. The van der Waals surface area contributed by atoms with Gasteiger partial charge in [0.1, 0.15) is 0 Å². The van der Waals surface area contributed by atoms with E-state index in [4.69, 9.17) is 0 Å². The monoisotopic (exact) mass is 423 g/mol. The molecule has 1 aliphatic heterocycles. The van der Waals surface area contributed by atoms with Crippen molar-refractivity contribution in [2.75, 3.05) is 39.3 Å². The first kappa shape index (κ1) is 27.4. The molecule has 1 fully saturated rings. The van der Waals surface area contributed by atoms with E-state index in [0.29, 0.717) is 12.0 Å². The number of carbonyl (C=O) groups excluding carboxylic acids is 1. The van der Waals surface area contributed by atoms with E-state index in [9.17, 15) is 4.79 Å². The van der Waals surface area contributed by atoms with Crippen molar-refractivity contribution < 1.29 is 4.79 Å². The predicted molar refractivity (Wildman–Crippen MR) is 131 cm³/mol. The second kappa shape index (κ2) is 14.5. The molecule has 2 unspecified atom stereocenters. The number of hydrogen-bond acceptors (Lipinski definition) is 3. The van der Waals surface area contributed by atoms with Gasteiger partial charge in [0.15, 0.2) is 0 Å². The van der Waals surface area contributed by atoms with Gasteiger partial charge in [-0.05, 0) is 51.0 Å². The number of unbranched alkanes of at least 4 members (excludes halogenated alkanes) is 2. The molecule has 1 saturated heterocycles. The summed E-state index contributed by atoms with van der Waals surface area (Å²) in [5.74, 6) is 0.241. The zero-order valence-corrected chi connectivity index (χ0v) is 21.3. The van der Waals surface area contributed by atoms with Gasteiger partial charge in [0.05, 0.1) is 0 Å². The normalized spacial score (nSPS) is 19.9. The van der Waals surface area contributed by atoms with Gasteiger partial charge >= 0.3 is 0 Å². The smallest absolute Gasteiger partial charge is 0.220 e. The largest absolute Gasteiger partial charge is 0.356 e. The molecule has 30 heavy (non-hydrogen) atoms. The summed E-state index contributed by atoms with van der Waals surface area (Å²) in [7, 11) is 0. The highest BCUT2D eigenvalue weighted by Gasteiger charge is 2.31. The molecule has 0 bridgehead atoms. The highest BCUT2D eigenvalue weighted by molar-refractivity contribution is 5.75. The Morgan fingerprint density at radius 1 is 0.833 bits per heavy atom. The Kier molecular flexibility index (Phi) is 13.2. The molecule has 1 N–H and O–H groups in total. The summed E-state index contributed by atoms with van der Waals surface area (Å²) >= 11 is 0. The SMILES string of the molecule is CCCCC(C)(CCC)CNC(=O)CCCN1CCN(C(C)(CC)CCCC)CC1. The van der Waals surface area contributed by atoms with Gasteiger partial charge in [-0.1, -0.05) is 66.7 Å². The summed E-state index contributed by atoms with van der Waals surface area (Å²) in [6.07, 6.45) is 12.9. The standard InChI is InChI=1S/C26H53N3O/c1-7-11-16-25(5,15-9-3)23-27-24(30)14-13-18-28-19-21-29(22-20-28)26(6,10-4)17-12-8-2/h7-23H2,1-6H3,(H,27,30). The second-order valence-corrected chi connectivity index (χ2v) is 10.3. The molecule has 1 amide bonds. The first-order chi connectivity index (χ1) is 14.3. The van der Waals surface area contributed by atoms with Gasteiger partial charge in [-0.3, -0.25) is 9.69 Å². The van der Waals surface area contributed by atoms with Crippen LogP contribution in [0.25, 0.3) is 0 Å². The van der Waals surface area contributed by atoms with Gasteiger partial charge in [-0.2, -0.15) is 0 Å². The molecule has 0 aromatic carbocycles. The molecule has 0 aromatic heterocycles. The second-order valence-electron chi connectivity index (χ2n) is 10.3. The van der Waals surface area contributed by atoms with Crippen molar-refractivity contribution in [3.8, 4) is 0 Å². The molecule has 0 radical (unpaired) electrons. The average Bonchev–Trinajstić information content (AvgIpc) is 2.75. The minimum atomic E-state index is 0.241. The van der Waals surface area contributed by atoms with Crippen LogP contribution in [0, 0.1) is 5.41 Å². The number of hydrogen-bond donors (Lipinski definition) is 1. The van der Waals surface area contributed by atoms with E-state index in [2.05, 4.69) is 56.7 Å². The van der Waals surface area contributed by atoms with E-state index < -0.39 is 0 Å². The van der Waals surface area contributed by atoms with Crippen LogP contribution in [0.5, 0.6) is 0 Å². The first-order valence-electron chi connectivity index (χ1n) is 13.1. The van der Waals surface area contributed by atoms with Crippen molar-refractivity contribution in [2.24, 2.45) is 5.41 Å². The number of piperazine rings is 1. The highest BCUT2D eigenvalue weighted by atomic mass is 16.1. The molecule has 0 spiro atoms. The number of nitrogens with one attached hydrogen (secondary N) is 1. The number of nitrogens with zero attached hydrogens (tertiary/aromatic N) is 2. The first-order valence-corrected chi connectivity index (χ1v) is 13.1. The van der Waals surface area contributed by atoms with Crippen LogP contribution in [0.3, 0.4) is 0 Å². The highest BCUT2D eigenvalue weighted by Crippen LogP contribution is 2.29. The lowest BCUT2D eigenvalue weighted by Gasteiger charge is -2.46. The van der Waals surface area contributed by atoms with Crippen molar-refractivity contribution in [1.82, 2.24) is 15.1 Å².